The van der Waals surface area contributed by atoms with Crippen LogP contribution in [0.2, 0.25) is 0 Å². The average Bonchev–Trinajstić information content (AvgIpc) is 2.35. The fourth-order valence-electron chi connectivity index (χ4n) is 0.681. The standard InChI is InChI=1S/C7H10N2O2S/c1-5(10)9-11-4-7-3-8-6(2)12-7/h3H,4H2,1-2H3,(H,9,10). The summed E-state index contributed by atoms with van der Waals surface area (Å²) in [4.78, 5) is 20.3. The third kappa shape index (κ3) is 2.98. The van der Waals surface area contributed by atoms with Gasteiger partial charge in [0, 0.05) is 13.1 Å². The van der Waals surface area contributed by atoms with Crippen LogP contribution in [0.25, 0.3) is 0 Å². The van der Waals surface area contributed by atoms with E-state index in [4.69, 9.17) is 4.84 Å². The van der Waals surface area contributed by atoms with E-state index in [-0.39, 0.29) is 5.91 Å². The van der Waals surface area contributed by atoms with Gasteiger partial charge >= 0.3 is 0 Å². The summed E-state index contributed by atoms with van der Waals surface area (Å²) in [5.41, 5.74) is 2.24. The van der Waals surface area contributed by atoms with Gasteiger partial charge in [0.05, 0.1) is 9.88 Å². The summed E-state index contributed by atoms with van der Waals surface area (Å²) in [7, 11) is 0. The first-order valence-electron chi connectivity index (χ1n) is 3.48. The van der Waals surface area contributed by atoms with Gasteiger partial charge in [-0.3, -0.25) is 9.63 Å². The Morgan fingerprint density at radius 2 is 2.58 bits per heavy atom. The van der Waals surface area contributed by atoms with Gasteiger partial charge in [-0.1, -0.05) is 0 Å². The van der Waals surface area contributed by atoms with Crippen LogP contribution in [0.3, 0.4) is 0 Å². The molecule has 0 bridgehead atoms. The van der Waals surface area contributed by atoms with Crippen LogP contribution in [-0.2, 0) is 16.2 Å². The zero-order valence-corrected chi connectivity index (χ0v) is 7.77. The number of carbonyl (C=O) groups is 1. The highest BCUT2D eigenvalue weighted by molar-refractivity contribution is 7.11. The molecule has 1 N–H and O–H groups in total. The summed E-state index contributed by atoms with van der Waals surface area (Å²) >= 11 is 1.55. The van der Waals surface area contributed by atoms with E-state index in [2.05, 4.69) is 10.5 Å². The Bertz CT molecular complexity index is 272. The van der Waals surface area contributed by atoms with Gasteiger partial charge in [0.15, 0.2) is 0 Å². The predicted molar refractivity (Wildman–Crippen MR) is 45.5 cm³/mol. The SMILES string of the molecule is CC(=O)NOCc1cnc(C)s1. The molecule has 0 unspecified atom stereocenters. The number of hydrogen-bond acceptors (Lipinski definition) is 4. The highest BCUT2D eigenvalue weighted by atomic mass is 32.1. The lowest BCUT2D eigenvalue weighted by atomic mass is 10.6. The summed E-state index contributed by atoms with van der Waals surface area (Å²) in [5.74, 6) is -0.198. The first kappa shape index (κ1) is 9.15. The highest BCUT2D eigenvalue weighted by Crippen LogP contribution is 2.11. The largest absolute Gasteiger partial charge is 0.273 e. The Morgan fingerprint density at radius 1 is 1.83 bits per heavy atom. The molecule has 0 aliphatic rings. The number of rotatable bonds is 3. The van der Waals surface area contributed by atoms with Crippen LogP contribution < -0.4 is 5.48 Å². The van der Waals surface area contributed by atoms with Gasteiger partial charge < -0.3 is 0 Å². The molecule has 0 saturated carbocycles. The second-order valence-corrected chi connectivity index (χ2v) is 3.61. The summed E-state index contributed by atoms with van der Waals surface area (Å²) in [6.07, 6.45) is 1.74. The van der Waals surface area contributed by atoms with Crippen molar-refractivity contribution in [1.82, 2.24) is 10.5 Å². The quantitative estimate of drug-likeness (QED) is 0.717. The molecular formula is C7H10N2O2S. The number of carbonyl (C=O) groups excluding carboxylic acids is 1. The zero-order chi connectivity index (χ0) is 8.97. The van der Waals surface area contributed by atoms with Crippen LogP contribution in [0.15, 0.2) is 6.20 Å². The molecule has 0 spiro atoms. The van der Waals surface area contributed by atoms with Crippen LogP contribution in [0.4, 0.5) is 0 Å². The van der Waals surface area contributed by atoms with Crippen LogP contribution in [0.5, 0.6) is 0 Å². The lowest BCUT2D eigenvalue weighted by Crippen LogP contribution is -2.19. The first-order valence-corrected chi connectivity index (χ1v) is 4.30. The minimum absolute atomic E-state index is 0.198. The van der Waals surface area contributed by atoms with Crippen LogP contribution >= 0.6 is 11.3 Å². The molecule has 1 rings (SSSR count). The number of thiazole rings is 1. The molecule has 4 nitrogen and oxygen atoms in total. The topological polar surface area (TPSA) is 51.2 Å². The normalized spacial score (nSPS) is 9.83. The molecule has 0 aliphatic heterocycles. The highest BCUT2D eigenvalue weighted by Gasteiger charge is 1.98. The summed E-state index contributed by atoms with van der Waals surface area (Å²) in [6.45, 7) is 3.70. The van der Waals surface area contributed by atoms with Gasteiger partial charge in [-0.15, -0.1) is 11.3 Å². The molecule has 12 heavy (non-hydrogen) atoms. The average molecular weight is 186 g/mol. The van der Waals surface area contributed by atoms with E-state index < -0.39 is 0 Å². The Kier molecular flexibility index (Phi) is 3.19. The molecule has 0 aliphatic carbocycles. The van der Waals surface area contributed by atoms with Crippen molar-refractivity contribution in [1.29, 1.82) is 0 Å². The molecule has 0 radical (unpaired) electrons. The van der Waals surface area contributed by atoms with Crippen molar-refractivity contribution < 1.29 is 9.63 Å². The Morgan fingerprint density at radius 3 is 3.08 bits per heavy atom. The Balaban J connectivity index is 2.29. The third-order valence-electron chi connectivity index (χ3n) is 1.10. The van der Waals surface area contributed by atoms with Gasteiger partial charge in [-0.05, 0) is 6.92 Å². The van der Waals surface area contributed by atoms with E-state index in [9.17, 15) is 4.79 Å². The van der Waals surface area contributed by atoms with Gasteiger partial charge in [0.2, 0.25) is 5.91 Å². The van der Waals surface area contributed by atoms with E-state index in [0.717, 1.165) is 9.88 Å². The number of nitrogens with zero attached hydrogens (tertiary/aromatic N) is 1. The maximum atomic E-state index is 10.4. The van der Waals surface area contributed by atoms with Gasteiger partial charge in [0.1, 0.15) is 6.61 Å². The number of nitrogens with one attached hydrogen (secondary N) is 1. The maximum absolute atomic E-state index is 10.4. The number of hydrogen-bond donors (Lipinski definition) is 1. The Hall–Kier alpha value is -0.940. The van der Waals surface area contributed by atoms with Gasteiger partial charge in [0.25, 0.3) is 0 Å². The number of hydroxylamine groups is 1. The molecule has 5 heteroatoms. The zero-order valence-electron chi connectivity index (χ0n) is 6.96. The molecular weight excluding hydrogens is 176 g/mol. The molecule has 1 aromatic heterocycles. The molecule has 0 aromatic carbocycles. The molecule has 0 saturated heterocycles. The van der Waals surface area contributed by atoms with Crippen LogP contribution in [-0.4, -0.2) is 10.9 Å². The Labute approximate surface area is 74.5 Å². The van der Waals surface area contributed by atoms with E-state index in [0.29, 0.717) is 6.61 Å². The fourth-order valence-corrected chi connectivity index (χ4v) is 1.39. The minimum Gasteiger partial charge on any atom is -0.273 e. The number of aromatic nitrogens is 1. The lowest BCUT2D eigenvalue weighted by molar-refractivity contribution is -0.132. The number of aryl methyl sites for hydroxylation is 1. The number of amides is 1. The van der Waals surface area contributed by atoms with Gasteiger partial charge in [-0.2, -0.15) is 0 Å². The summed E-state index contributed by atoms with van der Waals surface area (Å²) in [5, 5.41) is 0.997. The molecule has 66 valence electrons. The third-order valence-corrected chi connectivity index (χ3v) is 1.99. The molecule has 1 aromatic rings. The van der Waals surface area contributed by atoms with Crippen molar-refractivity contribution in [3.63, 3.8) is 0 Å². The second-order valence-electron chi connectivity index (χ2n) is 2.29. The van der Waals surface area contributed by atoms with Crippen molar-refractivity contribution >= 4 is 17.2 Å². The molecule has 0 atom stereocenters. The molecule has 0 fully saturated rings. The van der Waals surface area contributed by atoms with Crippen LogP contribution in [0, 0.1) is 6.92 Å². The lowest BCUT2D eigenvalue weighted by Gasteiger charge is -1.99. The van der Waals surface area contributed by atoms with E-state index in [1.807, 2.05) is 6.92 Å². The molecule has 1 heterocycles. The van der Waals surface area contributed by atoms with Gasteiger partial charge in [-0.25, -0.2) is 10.5 Å². The van der Waals surface area contributed by atoms with E-state index in [1.54, 1.807) is 17.5 Å². The smallest absolute Gasteiger partial charge is 0.240 e. The predicted octanol–water partition coefficient (Wildman–Crippen LogP) is 1.02. The minimum atomic E-state index is -0.198. The van der Waals surface area contributed by atoms with Crippen molar-refractivity contribution in [2.24, 2.45) is 0 Å². The van der Waals surface area contributed by atoms with Crippen molar-refractivity contribution in [3.05, 3.63) is 16.1 Å². The summed E-state index contributed by atoms with van der Waals surface area (Å²) < 4.78 is 0. The van der Waals surface area contributed by atoms with Crippen molar-refractivity contribution in [2.75, 3.05) is 0 Å². The van der Waals surface area contributed by atoms with Crippen molar-refractivity contribution in [3.8, 4) is 0 Å². The summed E-state index contributed by atoms with van der Waals surface area (Å²) in [6, 6.07) is 0. The second kappa shape index (κ2) is 4.18. The van der Waals surface area contributed by atoms with Crippen molar-refractivity contribution in [2.45, 2.75) is 20.5 Å². The fraction of sp³-hybridized carbons (Fsp3) is 0.429. The maximum Gasteiger partial charge on any atom is 0.240 e. The monoisotopic (exact) mass is 186 g/mol. The van der Waals surface area contributed by atoms with Crippen LogP contribution in [0.1, 0.15) is 16.8 Å². The molecule has 1 amide bonds. The first-order chi connectivity index (χ1) is 5.68. The van der Waals surface area contributed by atoms with E-state index >= 15 is 0 Å². The van der Waals surface area contributed by atoms with E-state index in [1.165, 1.54) is 6.92 Å².